The summed E-state index contributed by atoms with van der Waals surface area (Å²) in [6.45, 7) is 0.270. The number of pyridine rings is 1. The van der Waals surface area contributed by atoms with Gasteiger partial charge in [0, 0.05) is 11.1 Å². The van der Waals surface area contributed by atoms with Gasteiger partial charge in [-0.3, -0.25) is 14.7 Å². The fourth-order valence-corrected chi connectivity index (χ4v) is 4.23. The van der Waals surface area contributed by atoms with Crippen LogP contribution in [-0.4, -0.2) is 58.5 Å². The maximum absolute atomic E-state index is 14.5. The number of carbonyl (C=O) groups excluding carboxylic acids is 2. The van der Waals surface area contributed by atoms with Crippen LogP contribution in [0.2, 0.25) is 0 Å². The lowest BCUT2D eigenvalue weighted by molar-refractivity contribution is -0.265. The molecule has 10 nitrogen and oxygen atoms in total. The molecule has 0 saturated heterocycles. The fraction of sp³-hybridized carbons (Fsp3) is 0.259. The van der Waals surface area contributed by atoms with Crippen LogP contribution in [-0.2, 0) is 16.8 Å². The van der Waals surface area contributed by atoms with Gasteiger partial charge in [0.15, 0.2) is 5.69 Å². The Hall–Kier alpha value is -4.72. The summed E-state index contributed by atoms with van der Waals surface area (Å²) in [5.74, 6) is -2.36. The first-order chi connectivity index (χ1) is 19.4. The molecule has 5 N–H and O–H groups in total. The predicted octanol–water partition coefficient (Wildman–Crippen LogP) is 3.38. The molecule has 41 heavy (non-hydrogen) atoms. The summed E-state index contributed by atoms with van der Waals surface area (Å²) in [6.07, 6.45) is -5.92. The zero-order valence-electron chi connectivity index (χ0n) is 21.8. The third kappa shape index (κ3) is 5.77. The van der Waals surface area contributed by atoms with Crippen LogP contribution in [0.1, 0.15) is 28.7 Å². The minimum absolute atomic E-state index is 0.0433. The SMILES string of the molecule is CCOc1c(CC(N)=O)cc([C@@](O)(CNC(=O)c2n[nH]c3cccc(OC)c23)C(F)(F)F)nc1-c1ccc(F)cc1. The lowest BCUT2D eigenvalue weighted by atomic mass is 9.93. The van der Waals surface area contributed by atoms with Crippen LogP contribution in [0, 0.1) is 5.82 Å². The molecule has 2 amide bonds. The second kappa shape index (κ2) is 11.4. The number of hydrogen-bond donors (Lipinski definition) is 4. The highest BCUT2D eigenvalue weighted by molar-refractivity contribution is 6.07. The molecule has 0 aliphatic heterocycles. The van der Waals surface area contributed by atoms with Crippen LogP contribution < -0.4 is 20.5 Å². The van der Waals surface area contributed by atoms with Gasteiger partial charge in [-0.25, -0.2) is 9.37 Å². The molecule has 2 heterocycles. The Kier molecular flexibility index (Phi) is 8.14. The largest absolute Gasteiger partial charge is 0.496 e. The third-order valence-corrected chi connectivity index (χ3v) is 6.20. The Labute approximate surface area is 230 Å². The van der Waals surface area contributed by atoms with Crippen molar-refractivity contribution in [2.45, 2.75) is 25.1 Å². The van der Waals surface area contributed by atoms with E-state index in [0.717, 1.165) is 18.2 Å². The van der Waals surface area contributed by atoms with Crippen molar-refractivity contribution in [2.75, 3.05) is 20.3 Å². The lowest BCUT2D eigenvalue weighted by Crippen LogP contribution is -2.51. The number of nitrogens with two attached hydrogens (primary N) is 1. The molecule has 216 valence electrons. The number of alkyl halides is 3. The van der Waals surface area contributed by atoms with Gasteiger partial charge in [-0.15, -0.1) is 0 Å². The number of halogens is 4. The Bertz CT molecular complexity index is 1590. The summed E-state index contributed by atoms with van der Waals surface area (Å²) >= 11 is 0. The van der Waals surface area contributed by atoms with Gasteiger partial charge in [0.2, 0.25) is 11.5 Å². The first-order valence-electron chi connectivity index (χ1n) is 12.2. The number of fused-ring (bicyclic) bond motifs is 1. The van der Waals surface area contributed by atoms with Gasteiger partial charge in [0.25, 0.3) is 5.91 Å². The number of primary amides is 1. The summed E-state index contributed by atoms with van der Waals surface area (Å²) in [5, 5.41) is 19.9. The second-order valence-electron chi connectivity index (χ2n) is 8.92. The highest BCUT2D eigenvalue weighted by Gasteiger charge is 2.57. The van der Waals surface area contributed by atoms with E-state index < -0.39 is 48.1 Å². The van der Waals surface area contributed by atoms with Crippen LogP contribution >= 0.6 is 0 Å². The number of ether oxygens (including phenoxy) is 2. The van der Waals surface area contributed by atoms with E-state index in [0.29, 0.717) is 5.52 Å². The molecular weight excluding hydrogens is 550 g/mol. The maximum atomic E-state index is 14.5. The first kappa shape index (κ1) is 29.3. The molecule has 0 radical (unpaired) electrons. The van der Waals surface area contributed by atoms with E-state index in [-0.39, 0.29) is 46.0 Å². The number of rotatable bonds is 10. The summed E-state index contributed by atoms with van der Waals surface area (Å²) in [6, 6.07) is 10.2. The van der Waals surface area contributed by atoms with Crippen molar-refractivity contribution in [2.24, 2.45) is 5.73 Å². The third-order valence-electron chi connectivity index (χ3n) is 6.20. The number of H-pyrrole nitrogens is 1. The molecule has 0 fully saturated rings. The van der Waals surface area contributed by atoms with Crippen LogP contribution in [0.15, 0.2) is 48.5 Å². The number of aliphatic hydroxyl groups is 1. The van der Waals surface area contributed by atoms with E-state index in [4.69, 9.17) is 15.2 Å². The molecule has 0 bridgehead atoms. The van der Waals surface area contributed by atoms with Gasteiger partial charge >= 0.3 is 6.18 Å². The Morgan fingerprint density at radius 1 is 1.15 bits per heavy atom. The second-order valence-corrected chi connectivity index (χ2v) is 8.92. The van der Waals surface area contributed by atoms with E-state index in [2.05, 4.69) is 20.5 Å². The molecule has 4 aromatic rings. The summed E-state index contributed by atoms with van der Waals surface area (Å²) in [7, 11) is 1.35. The van der Waals surface area contributed by atoms with E-state index in [1.807, 2.05) is 0 Å². The standard InChI is InChI=1S/C27H25F4N5O5/c1-3-41-24-15(12-20(32)37)11-19(34-22(24)14-7-9-16(28)10-8-14)26(39,27(29,30)31)13-33-25(38)23-21-17(35-36-23)5-4-6-18(21)40-2/h4-11,39H,3,12-13H2,1-2H3,(H2,32,37)(H,33,38)(H,35,36)/t26-/m0/s1. The highest BCUT2D eigenvalue weighted by atomic mass is 19.4. The predicted molar refractivity (Wildman–Crippen MR) is 139 cm³/mol. The van der Waals surface area contributed by atoms with Crippen LogP contribution in [0.25, 0.3) is 22.2 Å². The van der Waals surface area contributed by atoms with Gasteiger partial charge in [0.1, 0.15) is 23.0 Å². The molecule has 2 aromatic carbocycles. The molecule has 1 atom stereocenters. The lowest BCUT2D eigenvalue weighted by Gasteiger charge is -2.31. The molecule has 14 heteroatoms. The number of aromatic amines is 1. The summed E-state index contributed by atoms with van der Waals surface area (Å²) in [4.78, 5) is 28.9. The zero-order chi connectivity index (χ0) is 29.9. The van der Waals surface area contributed by atoms with Crippen LogP contribution in [0.5, 0.6) is 11.5 Å². The number of aromatic nitrogens is 3. The highest BCUT2D eigenvalue weighted by Crippen LogP contribution is 2.42. The van der Waals surface area contributed by atoms with Gasteiger partial charge < -0.3 is 25.6 Å². The van der Waals surface area contributed by atoms with Crippen LogP contribution in [0.3, 0.4) is 0 Å². The minimum Gasteiger partial charge on any atom is -0.496 e. The molecule has 0 spiro atoms. The van der Waals surface area contributed by atoms with E-state index in [1.165, 1.54) is 19.2 Å². The monoisotopic (exact) mass is 575 g/mol. The molecule has 0 aliphatic carbocycles. The Morgan fingerprint density at radius 2 is 1.85 bits per heavy atom. The number of nitrogens with one attached hydrogen (secondary N) is 2. The normalized spacial score (nSPS) is 13.0. The maximum Gasteiger partial charge on any atom is 0.424 e. The summed E-state index contributed by atoms with van der Waals surface area (Å²) < 4.78 is 68.0. The number of carbonyl (C=O) groups is 2. The minimum atomic E-state index is -5.37. The molecule has 2 aromatic heterocycles. The van der Waals surface area contributed by atoms with Crippen molar-refractivity contribution in [1.29, 1.82) is 0 Å². The quantitative estimate of drug-likeness (QED) is 0.212. The molecule has 0 saturated carbocycles. The number of benzene rings is 2. The topological polar surface area (TPSA) is 152 Å². The van der Waals surface area contributed by atoms with Crippen molar-refractivity contribution in [3.63, 3.8) is 0 Å². The first-order valence-corrected chi connectivity index (χ1v) is 12.2. The van der Waals surface area contributed by atoms with Crippen molar-refractivity contribution >= 4 is 22.7 Å². The van der Waals surface area contributed by atoms with Crippen molar-refractivity contribution in [1.82, 2.24) is 20.5 Å². The molecule has 4 rings (SSSR count). The van der Waals surface area contributed by atoms with Crippen molar-refractivity contribution < 1.29 is 41.7 Å². The number of nitrogens with zero attached hydrogens (tertiary/aromatic N) is 2. The zero-order valence-corrected chi connectivity index (χ0v) is 21.8. The van der Waals surface area contributed by atoms with E-state index >= 15 is 0 Å². The van der Waals surface area contributed by atoms with E-state index in [1.54, 1.807) is 25.1 Å². The number of hydrogen-bond acceptors (Lipinski definition) is 7. The van der Waals surface area contributed by atoms with Gasteiger partial charge in [-0.2, -0.15) is 18.3 Å². The number of amides is 2. The number of methoxy groups -OCH3 is 1. The van der Waals surface area contributed by atoms with Crippen LogP contribution in [0.4, 0.5) is 17.6 Å². The Morgan fingerprint density at radius 3 is 2.46 bits per heavy atom. The Balaban J connectivity index is 1.82. The smallest absolute Gasteiger partial charge is 0.424 e. The summed E-state index contributed by atoms with van der Waals surface area (Å²) in [5.41, 5.74) is 0.630. The molecule has 0 unspecified atom stereocenters. The molecule has 0 aliphatic rings. The van der Waals surface area contributed by atoms with Crippen molar-refractivity contribution in [3.8, 4) is 22.8 Å². The molecular formula is C27H25F4N5O5. The average molecular weight is 576 g/mol. The fourth-order valence-electron chi connectivity index (χ4n) is 4.23. The van der Waals surface area contributed by atoms with Gasteiger partial charge in [-0.05, 0) is 49.4 Å². The van der Waals surface area contributed by atoms with E-state index in [9.17, 15) is 32.3 Å². The average Bonchev–Trinajstić information content (AvgIpc) is 3.36. The van der Waals surface area contributed by atoms with Crippen molar-refractivity contribution in [3.05, 3.63) is 71.3 Å². The van der Waals surface area contributed by atoms with Gasteiger partial charge in [0.05, 0.1) is 43.3 Å². The van der Waals surface area contributed by atoms with Gasteiger partial charge in [-0.1, -0.05) is 6.07 Å².